The number of Topliss-reactive ketones (excluding diaryl/α,β-unsaturated/α-hetero) is 1. The zero-order chi connectivity index (χ0) is 18.5. The molecule has 3 rings (SSSR count). The van der Waals surface area contributed by atoms with Crippen molar-refractivity contribution >= 4 is 23.1 Å². The van der Waals surface area contributed by atoms with Gasteiger partial charge in [-0.2, -0.15) is 5.10 Å². The fourth-order valence-electron chi connectivity index (χ4n) is 4.49. The van der Waals surface area contributed by atoms with Crippen molar-refractivity contribution < 1.29 is 9.59 Å². The molecule has 5 heteroatoms. The van der Waals surface area contributed by atoms with Crippen LogP contribution >= 0.6 is 0 Å². The molecule has 2 bridgehead atoms. The first-order chi connectivity index (χ1) is 11.7. The first kappa shape index (κ1) is 17.6. The zero-order valence-corrected chi connectivity index (χ0v) is 15.6. The van der Waals surface area contributed by atoms with E-state index in [1.54, 1.807) is 0 Å². The molecular formula is C20H27N3O2. The normalized spacial score (nSPS) is 31.6. The first-order valence-electron chi connectivity index (χ1n) is 8.92. The van der Waals surface area contributed by atoms with E-state index in [4.69, 9.17) is 0 Å². The Morgan fingerprint density at radius 3 is 2.36 bits per heavy atom. The quantitative estimate of drug-likeness (QED) is 0.651. The van der Waals surface area contributed by atoms with E-state index in [0.717, 1.165) is 12.1 Å². The molecule has 2 saturated carbocycles. The molecule has 2 atom stereocenters. The van der Waals surface area contributed by atoms with Crippen LogP contribution in [0.5, 0.6) is 0 Å². The number of fused-ring (bicyclic) bond motifs is 2. The van der Waals surface area contributed by atoms with Crippen molar-refractivity contribution in [1.29, 1.82) is 0 Å². The predicted octanol–water partition coefficient (Wildman–Crippen LogP) is 3.37. The fraction of sp³-hybridized carbons (Fsp3) is 0.550. The largest absolute Gasteiger partial charge is 0.353 e. The Bertz CT molecular complexity index is 739. The van der Waals surface area contributed by atoms with Crippen LogP contribution in [0.2, 0.25) is 0 Å². The molecule has 2 fully saturated rings. The Labute approximate surface area is 149 Å². The summed E-state index contributed by atoms with van der Waals surface area (Å²) in [5.74, 6) is -0.293. The van der Waals surface area contributed by atoms with Gasteiger partial charge < -0.3 is 5.32 Å². The fourth-order valence-corrected chi connectivity index (χ4v) is 4.49. The molecule has 2 aliphatic rings. The molecule has 25 heavy (non-hydrogen) atoms. The number of rotatable bonds is 4. The van der Waals surface area contributed by atoms with Crippen LogP contribution in [0.15, 0.2) is 35.4 Å². The topological polar surface area (TPSA) is 70.6 Å². The molecule has 1 aromatic carbocycles. The van der Waals surface area contributed by atoms with Crippen molar-refractivity contribution in [2.45, 2.75) is 53.5 Å². The first-order valence-corrected chi connectivity index (χ1v) is 8.92. The number of hydrogen-bond donors (Lipinski definition) is 2. The van der Waals surface area contributed by atoms with Crippen molar-refractivity contribution in [2.24, 2.45) is 21.3 Å². The summed E-state index contributed by atoms with van der Waals surface area (Å²) in [6, 6.07) is 9.55. The second-order valence-electron chi connectivity index (χ2n) is 8.26. The van der Waals surface area contributed by atoms with E-state index < -0.39 is 16.2 Å². The van der Waals surface area contributed by atoms with Gasteiger partial charge in [0.25, 0.3) is 0 Å². The maximum absolute atomic E-state index is 13.3. The Hall–Kier alpha value is -2.17. The van der Waals surface area contributed by atoms with Gasteiger partial charge in [-0.25, -0.2) is 0 Å². The van der Waals surface area contributed by atoms with Crippen LogP contribution in [0, 0.1) is 16.2 Å². The average Bonchev–Trinajstić information content (AvgIpc) is 2.82. The van der Waals surface area contributed by atoms with E-state index in [-0.39, 0.29) is 17.7 Å². The van der Waals surface area contributed by atoms with Crippen LogP contribution < -0.4 is 10.7 Å². The summed E-state index contributed by atoms with van der Waals surface area (Å²) in [5, 5.41) is 7.43. The molecule has 2 N–H and O–H groups in total. The van der Waals surface area contributed by atoms with E-state index in [9.17, 15) is 9.59 Å². The molecule has 0 saturated heterocycles. The second kappa shape index (κ2) is 5.68. The van der Waals surface area contributed by atoms with Crippen molar-refractivity contribution in [3.05, 3.63) is 30.3 Å². The smallest absolute Gasteiger partial charge is 0.234 e. The Balaban J connectivity index is 2.01. The summed E-state index contributed by atoms with van der Waals surface area (Å²) < 4.78 is 0. The van der Waals surface area contributed by atoms with Gasteiger partial charge in [0.15, 0.2) is 5.78 Å². The molecule has 1 aromatic rings. The van der Waals surface area contributed by atoms with Crippen LogP contribution in [-0.2, 0) is 9.59 Å². The van der Waals surface area contributed by atoms with Crippen molar-refractivity contribution in [2.75, 3.05) is 5.43 Å². The number of carbonyl (C=O) groups is 2. The number of hydrogen-bond acceptors (Lipinski definition) is 4. The average molecular weight is 341 g/mol. The molecule has 0 aromatic heterocycles. The van der Waals surface area contributed by atoms with Gasteiger partial charge in [0.1, 0.15) is 11.1 Å². The van der Waals surface area contributed by atoms with E-state index in [0.29, 0.717) is 12.1 Å². The third-order valence-corrected chi connectivity index (χ3v) is 6.45. The monoisotopic (exact) mass is 341 g/mol. The van der Waals surface area contributed by atoms with E-state index in [1.807, 2.05) is 58.0 Å². The minimum Gasteiger partial charge on any atom is -0.353 e. The SMILES string of the molecule is CC(C)NC(=O)C12CCC(C)(C(=NNc3ccccc3)C1=O)C2(C)C. The number of carbonyl (C=O) groups excluding carboxylic acids is 2. The summed E-state index contributed by atoms with van der Waals surface area (Å²) in [4.78, 5) is 26.3. The van der Waals surface area contributed by atoms with Crippen molar-refractivity contribution in [3.63, 3.8) is 0 Å². The molecule has 134 valence electrons. The molecule has 5 nitrogen and oxygen atoms in total. The molecule has 2 aliphatic carbocycles. The Kier molecular flexibility index (Phi) is 4.01. The number of ketones is 1. The van der Waals surface area contributed by atoms with Crippen molar-refractivity contribution in [3.8, 4) is 0 Å². The highest BCUT2D eigenvalue weighted by atomic mass is 16.2. The molecule has 0 spiro atoms. The number of hydrazone groups is 1. The van der Waals surface area contributed by atoms with Gasteiger partial charge in [-0.15, -0.1) is 0 Å². The van der Waals surface area contributed by atoms with Gasteiger partial charge in [-0.1, -0.05) is 39.0 Å². The van der Waals surface area contributed by atoms with E-state index in [1.165, 1.54) is 0 Å². The molecular weight excluding hydrogens is 314 g/mol. The minimum absolute atomic E-state index is 0.000707. The molecule has 2 unspecified atom stereocenters. The van der Waals surface area contributed by atoms with Gasteiger partial charge in [0.05, 0.1) is 5.69 Å². The third-order valence-electron chi connectivity index (χ3n) is 6.45. The number of amides is 1. The maximum atomic E-state index is 13.3. The van der Waals surface area contributed by atoms with Crippen LogP contribution in [0.1, 0.15) is 47.5 Å². The Morgan fingerprint density at radius 2 is 1.76 bits per heavy atom. The summed E-state index contributed by atoms with van der Waals surface area (Å²) >= 11 is 0. The van der Waals surface area contributed by atoms with E-state index >= 15 is 0 Å². The number of benzene rings is 1. The van der Waals surface area contributed by atoms with Crippen LogP contribution in [0.4, 0.5) is 5.69 Å². The standard InChI is InChI=1S/C20H27N3O2/c1-13(2)21-17(25)20-12-11-19(5,18(20,3)4)15(16(20)24)23-22-14-9-7-6-8-10-14/h6-10,13,22H,11-12H2,1-5H3,(H,21,25). The molecule has 1 amide bonds. The summed E-state index contributed by atoms with van der Waals surface area (Å²) in [7, 11) is 0. The number of anilines is 1. The number of nitrogens with zero attached hydrogens (tertiary/aromatic N) is 1. The Morgan fingerprint density at radius 1 is 1.12 bits per heavy atom. The summed E-state index contributed by atoms with van der Waals surface area (Å²) in [5.41, 5.74) is 2.40. The maximum Gasteiger partial charge on any atom is 0.234 e. The number of para-hydroxylation sites is 1. The van der Waals surface area contributed by atoms with E-state index in [2.05, 4.69) is 22.8 Å². The van der Waals surface area contributed by atoms with Gasteiger partial charge in [0.2, 0.25) is 5.91 Å². The third kappa shape index (κ3) is 2.25. The van der Waals surface area contributed by atoms with Crippen LogP contribution in [0.25, 0.3) is 0 Å². The lowest BCUT2D eigenvalue weighted by Gasteiger charge is -2.38. The lowest BCUT2D eigenvalue weighted by molar-refractivity contribution is -0.144. The van der Waals surface area contributed by atoms with Crippen molar-refractivity contribution in [1.82, 2.24) is 5.32 Å². The highest BCUT2D eigenvalue weighted by Crippen LogP contribution is 2.69. The molecule has 0 aliphatic heterocycles. The van der Waals surface area contributed by atoms with Crippen LogP contribution in [0.3, 0.4) is 0 Å². The zero-order valence-electron chi connectivity index (χ0n) is 15.6. The summed E-state index contributed by atoms with van der Waals surface area (Å²) in [6.45, 7) is 9.96. The van der Waals surface area contributed by atoms with Gasteiger partial charge in [0, 0.05) is 11.5 Å². The molecule has 0 radical (unpaired) electrons. The predicted molar refractivity (Wildman–Crippen MR) is 99.3 cm³/mol. The molecule has 0 heterocycles. The second-order valence-corrected chi connectivity index (χ2v) is 8.26. The lowest BCUT2D eigenvalue weighted by atomic mass is 9.64. The lowest BCUT2D eigenvalue weighted by Crippen LogP contribution is -2.52. The highest BCUT2D eigenvalue weighted by molar-refractivity contribution is 6.50. The number of nitrogens with one attached hydrogen (secondary N) is 2. The van der Waals surface area contributed by atoms with Crippen LogP contribution in [-0.4, -0.2) is 23.4 Å². The minimum atomic E-state index is -1.02. The van der Waals surface area contributed by atoms with Gasteiger partial charge in [-0.3, -0.25) is 15.0 Å². The summed E-state index contributed by atoms with van der Waals surface area (Å²) in [6.07, 6.45) is 1.37. The van der Waals surface area contributed by atoms with Gasteiger partial charge in [-0.05, 0) is 44.2 Å². The highest BCUT2D eigenvalue weighted by Gasteiger charge is 2.76. The van der Waals surface area contributed by atoms with Gasteiger partial charge >= 0.3 is 0 Å².